The molecular formula is C17H19NO2S2. The fraction of sp³-hybridized carbons (Fsp3) is 0.353. The lowest BCUT2D eigenvalue weighted by Crippen LogP contribution is -2.30. The SMILES string of the molecule is C[S@@](=O)Cc1cccc(C(=O)N2CCC[C@H]2c2ccsc2)c1. The minimum Gasteiger partial charge on any atom is -0.332 e. The van der Waals surface area contributed by atoms with Crippen LogP contribution in [0.15, 0.2) is 41.1 Å². The first kappa shape index (κ1) is 15.4. The largest absolute Gasteiger partial charge is 0.332 e. The van der Waals surface area contributed by atoms with E-state index in [1.54, 1.807) is 17.6 Å². The van der Waals surface area contributed by atoms with Crippen molar-refractivity contribution < 1.29 is 9.00 Å². The van der Waals surface area contributed by atoms with Crippen LogP contribution in [0.4, 0.5) is 0 Å². The van der Waals surface area contributed by atoms with Crippen LogP contribution in [0.1, 0.15) is 40.4 Å². The molecule has 0 saturated carbocycles. The van der Waals surface area contributed by atoms with E-state index < -0.39 is 10.8 Å². The third-order valence-corrected chi connectivity index (χ3v) is 5.43. The van der Waals surface area contributed by atoms with Gasteiger partial charge in [-0.15, -0.1) is 0 Å². The Morgan fingerprint density at radius 2 is 2.27 bits per heavy atom. The van der Waals surface area contributed by atoms with Gasteiger partial charge >= 0.3 is 0 Å². The molecule has 22 heavy (non-hydrogen) atoms. The van der Waals surface area contributed by atoms with Crippen molar-refractivity contribution in [2.75, 3.05) is 12.8 Å². The van der Waals surface area contributed by atoms with Crippen LogP contribution in [0.5, 0.6) is 0 Å². The molecule has 116 valence electrons. The predicted molar refractivity (Wildman–Crippen MR) is 91.5 cm³/mol. The van der Waals surface area contributed by atoms with Gasteiger partial charge in [0.05, 0.1) is 6.04 Å². The number of likely N-dealkylation sites (tertiary alicyclic amines) is 1. The lowest BCUT2D eigenvalue weighted by Gasteiger charge is -2.24. The Morgan fingerprint density at radius 1 is 1.41 bits per heavy atom. The second kappa shape index (κ2) is 6.75. The standard InChI is InChI=1S/C17H19NO2S2/c1-22(20)12-13-4-2-5-14(10-13)17(19)18-8-3-6-16(18)15-7-9-21-11-15/h2,4-5,7,9-11,16H,3,6,8,12H2,1H3/t16-,22+/m0/s1. The molecule has 3 rings (SSSR count). The summed E-state index contributed by atoms with van der Waals surface area (Å²) in [5.74, 6) is 0.576. The smallest absolute Gasteiger partial charge is 0.254 e. The van der Waals surface area contributed by atoms with Crippen LogP contribution >= 0.6 is 11.3 Å². The molecule has 1 aromatic carbocycles. The Hall–Kier alpha value is -1.46. The lowest BCUT2D eigenvalue weighted by atomic mass is 10.1. The summed E-state index contributed by atoms with van der Waals surface area (Å²) >= 11 is 1.67. The number of amides is 1. The van der Waals surface area contributed by atoms with Gasteiger partial charge in [-0.3, -0.25) is 9.00 Å². The number of benzene rings is 1. The quantitative estimate of drug-likeness (QED) is 0.857. The van der Waals surface area contributed by atoms with Crippen LogP contribution in [0.25, 0.3) is 0 Å². The average Bonchev–Trinajstić information content (AvgIpc) is 3.16. The Labute approximate surface area is 137 Å². The monoisotopic (exact) mass is 333 g/mol. The van der Waals surface area contributed by atoms with Gasteiger partial charge in [0.2, 0.25) is 0 Å². The van der Waals surface area contributed by atoms with Crippen LogP contribution in [0.3, 0.4) is 0 Å². The van der Waals surface area contributed by atoms with Crippen LogP contribution in [-0.4, -0.2) is 27.8 Å². The summed E-state index contributed by atoms with van der Waals surface area (Å²) in [6, 6.07) is 9.85. The van der Waals surface area contributed by atoms with E-state index in [2.05, 4.69) is 16.8 Å². The molecule has 0 bridgehead atoms. The summed E-state index contributed by atoms with van der Waals surface area (Å²) in [4.78, 5) is 14.8. The number of carbonyl (C=O) groups is 1. The highest BCUT2D eigenvalue weighted by molar-refractivity contribution is 7.83. The molecule has 3 nitrogen and oxygen atoms in total. The predicted octanol–water partition coefficient (Wildman–Crippen LogP) is 3.60. The van der Waals surface area contributed by atoms with Gasteiger partial charge in [0, 0.05) is 34.9 Å². The molecule has 2 atom stereocenters. The molecule has 1 saturated heterocycles. The third kappa shape index (κ3) is 3.31. The number of nitrogens with zero attached hydrogens (tertiary/aromatic N) is 1. The van der Waals surface area contributed by atoms with E-state index >= 15 is 0 Å². The minimum atomic E-state index is -0.895. The zero-order chi connectivity index (χ0) is 15.5. The Bertz CT molecular complexity index is 682. The maximum absolute atomic E-state index is 12.8. The molecular weight excluding hydrogens is 314 g/mol. The van der Waals surface area contributed by atoms with Crippen molar-refractivity contribution in [2.45, 2.75) is 24.6 Å². The van der Waals surface area contributed by atoms with Gasteiger partial charge in [-0.05, 0) is 52.9 Å². The van der Waals surface area contributed by atoms with Crippen LogP contribution in [-0.2, 0) is 16.6 Å². The summed E-state index contributed by atoms with van der Waals surface area (Å²) in [7, 11) is -0.895. The second-order valence-corrected chi connectivity index (χ2v) is 7.85. The number of rotatable bonds is 4. The van der Waals surface area contributed by atoms with Crippen molar-refractivity contribution in [3.63, 3.8) is 0 Å². The molecule has 2 aromatic rings. The van der Waals surface area contributed by atoms with Crippen molar-refractivity contribution >= 4 is 28.0 Å². The van der Waals surface area contributed by atoms with Gasteiger partial charge in [0.1, 0.15) is 0 Å². The molecule has 0 radical (unpaired) electrons. The van der Waals surface area contributed by atoms with Crippen LogP contribution in [0, 0.1) is 0 Å². The topological polar surface area (TPSA) is 37.4 Å². The third-order valence-electron chi connectivity index (χ3n) is 3.99. The summed E-state index contributed by atoms with van der Waals surface area (Å²) in [5.41, 5.74) is 2.89. The first-order valence-electron chi connectivity index (χ1n) is 7.37. The Morgan fingerprint density at radius 3 is 3.00 bits per heavy atom. The van der Waals surface area contributed by atoms with E-state index in [0.717, 1.165) is 24.9 Å². The van der Waals surface area contributed by atoms with Crippen molar-refractivity contribution in [2.24, 2.45) is 0 Å². The summed E-state index contributed by atoms with van der Waals surface area (Å²) in [5, 5.41) is 4.19. The highest BCUT2D eigenvalue weighted by atomic mass is 32.2. The number of thiophene rings is 1. The van der Waals surface area contributed by atoms with E-state index in [0.29, 0.717) is 11.3 Å². The van der Waals surface area contributed by atoms with Gasteiger partial charge in [-0.25, -0.2) is 0 Å². The van der Waals surface area contributed by atoms with E-state index in [9.17, 15) is 9.00 Å². The van der Waals surface area contributed by atoms with Crippen molar-refractivity contribution in [1.29, 1.82) is 0 Å². The maximum atomic E-state index is 12.8. The molecule has 1 amide bonds. The van der Waals surface area contributed by atoms with Gasteiger partial charge in [0.15, 0.2) is 0 Å². The van der Waals surface area contributed by atoms with Crippen molar-refractivity contribution in [3.8, 4) is 0 Å². The summed E-state index contributed by atoms with van der Waals surface area (Å²) < 4.78 is 11.4. The fourth-order valence-corrected chi connectivity index (χ4v) is 4.37. The van der Waals surface area contributed by atoms with E-state index in [-0.39, 0.29) is 11.9 Å². The minimum absolute atomic E-state index is 0.0810. The average molecular weight is 333 g/mol. The highest BCUT2D eigenvalue weighted by Crippen LogP contribution is 2.34. The number of hydrogen-bond donors (Lipinski definition) is 0. The molecule has 0 spiro atoms. The Balaban J connectivity index is 1.82. The maximum Gasteiger partial charge on any atom is 0.254 e. The highest BCUT2D eigenvalue weighted by Gasteiger charge is 2.30. The number of carbonyl (C=O) groups excluding carboxylic acids is 1. The molecule has 5 heteroatoms. The Kier molecular flexibility index (Phi) is 4.74. The number of hydrogen-bond acceptors (Lipinski definition) is 3. The first-order valence-corrected chi connectivity index (χ1v) is 10.0. The molecule has 1 aromatic heterocycles. The lowest BCUT2D eigenvalue weighted by molar-refractivity contribution is 0.0736. The van der Waals surface area contributed by atoms with Crippen LogP contribution < -0.4 is 0 Å². The molecule has 0 aliphatic carbocycles. The normalized spacial score (nSPS) is 19.3. The molecule has 0 N–H and O–H groups in total. The summed E-state index contributed by atoms with van der Waals surface area (Å²) in [6.07, 6.45) is 3.76. The van der Waals surface area contributed by atoms with Crippen molar-refractivity contribution in [1.82, 2.24) is 4.90 Å². The van der Waals surface area contributed by atoms with Gasteiger partial charge in [-0.2, -0.15) is 11.3 Å². The molecule has 0 unspecified atom stereocenters. The van der Waals surface area contributed by atoms with E-state index in [1.807, 2.05) is 29.2 Å². The zero-order valence-electron chi connectivity index (χ0n) is 12.5. The first-order chi connectivity index (χ1) is 10.6. The van der Waals surface area contributed by atoms with Crippen LogP contribution in [0.2, 0.25) is 0 Å². The molecule has 2 heterocycles. The zero-order valence-corrected chi connectivity index (χ0v) is 14.2. The van der Waals surface area contributed by atoms with Crippen molar-refractivity contribution in [3.05, 3.63) is 57.8 Å². The van der Waals surface area contributed by atoms with Gasteiger partial charge < -0.3 is 4.90 Å². The van der Waals surface area contributed by atoms with Gasteiger partial charge in [0.25, 0.3) is 5.91 Å². The van der Waals surface area contributed by atoms with Gasteiger partial charge in [-0.1, -0.05) is 12.1 Å². The van der Waals surface area contributed by atoms with E-state index in [4.69, 9.17) is 0 Å². The molecule has 1 aliphatic heterocycles. The summed E-state index contributed by atoms with van der Waals surface area (Å²) in [6.45, 7) is 0.809. The van der Waals surface area contributed by atoms with E-state index in [1.165, 1.54) is 5.56 Å². The molecule has 1 aliphatic rings. The second-order valence-electron chi connectivity index (χ2n) is 5.63. The fourth-order valence-electron chi connectivity index (χ4n) is 3.02. The molecule has 1 fully saturated rings.